The van der Waals surface area contributed by atoms with Crippen molar-refractivity contribution in [2.75, 3.05) is 26.7 Å². The number of likely N-dealkylation sites (tertiary alicyclic amines) is 1. The highest BCUT2D eigenvalue weighted by molar-refractivity contribution is 14.0. The maximum Gasteiger partial charge on any atom is 0.387 e. The van der Waals surface area contributed by atoms with Gasteiger partial charge in [0.2, 0.25) is 0 Å². The number of ether oxygens (including phenoxy) is 1. The lowest BCUT2D eigenvalue weighted by molar-refractivity contribution is -0.0504. The zero-order chi connectivity index (χ0) is 18.9. The van der Waals surface area contributed by atoms with Gasteiger partial charge in [-0.05, 0) is 45.2 Å². The van der Waals surface area contributed by atoms with E-state index in [1.165, 1.54) is 19.4 Å². The fourth-order valence-electron chi connectivity index (χ4n) is 3.23. The van der Waals surface area contributed by atoms with Gasteiger partial charge in [-0.1, -0.05) is 18.2 Å². The van der Waals surface area contributed by atoms with Gasteiger partial charge in [0.15, 0.2) is 5.96 Å². The number of hydrogen-bond acceptors (Lipinski definition) is 3. The number of nitrogens with one attached hydrogen (secondary N) is 2. The highest BCUT2D eigenvalue weighted by atomic mass is 127. The fraction of sp³-hybridized carbons (Fsp3) is 0.632. The third-order valence-corrected chi connectivity index (χ3v) is 4.70. The molecule has 1 unspecified atom stereocenters. The van der Waals surface area contributed by atoms with Gasteiger partial charge in [-0.3, -0.25) is 4.99 Å². The molecule has 1 aromatic carbocycles. The van der Waals surface area contributed by atoms with E-state index in [0.29, 0.717) is 30.0 Å². The van der Waals surface area contributed by atoms with Crippen LogP contribution in [-0.4, -0.2) is 50.2 Å². The van der Waals surface area contributed by atoms with Crippen LogP contribution in [0.1, 0.15) is 32.3 Å². The Bertz CT molecular complexity index is 587. The van der Waals surface area contributed by atoms with Gasteiger partial charge < -0.3 is 20.3 Å². The van der Waals surface area contributed by atoms with E-state index in [9.17, 15) is 8.78 Å². The first-order chi connectivity index (χ1) is 12.5. The Kier molecular flexibility index (Phi) is 10.9. The van der Waals surface area contributed by atoms with E-state index in [1.807, 2.05) is 0 Å². The Hall–Kier alpha value is -1.16. The van der Waals surface area contributed by atoms with E-state index in [1.54, 1.807) is 31.3 Å². The highest BCUT2D eigenvalue weighted by Gasteiger charge is 2.21. The molecule has 5 nitrogen and oxygen atoms in total. The molecule has 8 heteroatoms. The quantitative estimate of drug-likeness (QED) is 0.344. The van der Waals surface area contributed by atoms with Crippen molar-refractivity contribution in [3.8, 4) is 5.75 Å². The third-order valence-electron chi connectivity index (χ3n) is 4.70. The molecule has 1 aromatic rings. The summed E-state index contributed by atoms with van der Waals surface area (Å²) in [5.41, 5.74) is 0.666. The van der Waals surface area contributed by atoms with Gasteiger partial charge in [0.05, 0.1) is 0 Å². The van der Waals surface area contributed by atoms with Crippen molar-refractivity contribution < 1.29 is 13.5 Å². The smallest absolute Gasteiger partial charge is 0.387 e. The van der Waals surface area contributed by atoms with Crippen LogP contribution in [0.15, 0.2) is 29.3 Å². The zero-order valence-electron chi connectivity index (χ0n) is 16.3. The SMILES string of the molecule is CN=C(NCc1ccccc1OC(F)F)NCC1CCCN(C(C)C)C1.I. The van der Waals surface area contributed by atoms with Crippen molar-refractivity contribution in [1.29, 1.82) is 0 Å². The van der Waals surface area contributed by atoms with Gasteiger partial charge >= 0.3 is 6.61 Å². The number of hydrogen-bond donors (Lipinski definition) is 2. The molecule has 2 rings (SSSR count). The summed E-state index contributed by atoms with van der Waals surface area (Å²) in [6.07, 6.45) is 2.42. The van der Waals surface area contributed by atoms with Crippen LogP contribution in [0.25, 0.3) is 0 Å². The highest BCUT2D eigenvalue weighted by Crippen LogP contribution is 2.20. The summed E-state index contributed by atoms with van der Waals surface area (Å²) in [6.45, 7) is 5.10. The second kappa shape index (κ2) is 12.3. The minimum Gasteiger partial charge on any atom is -0.434 e. The molecule has 1 heterocycles. The van der Waals surface area contributed by atoms with Crippen molar-refractivity contribution in [1.82, 2.24) is 15.5 Å². The van der Waals surface area contributed by atoms with Crippen molar-refractivity contribution in [2.24, 2.45) is 10.9 Å². The Balaban J connectivity index is 0.00000364. The Morgan fingerprint density at radius 3 is 2.70 bits per heavy atom. The van der Waals surface area contributed by atoms with Gasteiger partial charge in [0, 0.05) is 38.3 Å². The molecule has 0 amide bonds. The van der Waals surface area contributed by atoms with E-state index in [-0.39, 0.29) is 29.7 Å². The summed E-state index contributed by atoms with van der Waals surface area (Å²) in [4.78, 5) is 6.73. The van der Waals surface area contributed by atoms with Gasteiger partial charge in [-0.15, -0.1) is 24.0 Å². The average Bonchev–Trinajstić information content (AvgIpc) is 2.63. The van der Waals surface area contributed by atoms with Gasteiger partial charge in [-0.25, -0.2) is 0 Å². The molecule has 1 aliphatic rings. The normalized spacial score (nSPS) is 18.3. The van der Waals surface area contributed by atoms with Crippen molar-refractivity contribution in [2.45, 2.75) is 45.9 Å². The van der Waals surface area contributed by atoms with Gasteiger partial charge in [0.25, 0.3) is 0 Å². The summed E-state index contributed by atoms with van der Waals surface area (Å²) in [5.74, 6) is 1.43. The van der Waals surface area contributed by atoms with Crippen molar-refractivity contribution in [3.05, 3.63) is 29.8 Å². The number of aliphatic imine (C=N–C) groups is 1. The molecule has 27 heavy (non-hydrogen) atoms. The molecule has 0 aromatic heterocycles. The summed E-state index contributed by atoms with van der Waals surface area (Å²) in [6, 6.07) is 7.36. The summed E-state index contributed by atoms with van der Waals surface area (Å²) < 4.78 is 29.6. The van der Waals surface area contributed by atoms with Gasteiger partial charge in [0.1, 0.15) is 5.75 Å². The molecule has 0 saturated carbocycles. The van der Waals surface area contributed by atoms with Crippen LogP contribution in [0.5, 0.6) is 5.75 Å². The summed E-state index contributed by atoms with van der Waals surface area (Å²) in [7, 11) is 1.71. The molecule has 1 aliphatic heterocycles. The van der Waals surface area contributed by atoms with Crippen LogP contribution >= 0.6 is 24.0 Å². The number of rotatable bonds is 7. The van der Waals surface area contributed by atoms with Gasteiger partial charge in [-0.2, -0.15) is 8.78 Å². The Labute approximate surface area is 178 Å². The summed E-state index contributed by atoms with van der Waals surface area (Å²) in [5, 5.41) is 6.53. The van der Waals surface area contributed by atoms with E-state index >= 15 is 0 Å². The number of nitrogens with zero attached hydrogens (tertiary/aromatic N) is 2. The van der Waals surface area contributed by atoms with E-state index in [0.717, 1.165) is 13.1 Å². The first-order valence-electron chi connectivity index (χ1n) is 9.21. The van der Waals surface area contributed by atoms with Crippen LogP contribution < -0.4 is 15.4 Å². The number of halogens is 3. The molecule has 0 radical (unpaired) electrons. The van der Waals surface area contributed by atoms with Crippen LogP contribution in [0, 0.1) is 5.92 Å². The number of alkyl halides is 2. The largest absolute Gasteiger partial charge is 0.434 e. The predicted octanol–water partition coefficient (Wildman–Crippen LogP) is 3.69. The molecule has 0 aliphatic carbocycles. The minimum absolute atomic E-state index is 0. The first-order valence-corrected chi connectivity index (χ1v) is 9.21. The van der Waals surface area contributed by atoms with Crippen LogP contribution in [0.2, 0.25) is 0 Å². The minimum atomic E-state index is -2.83. The van der Waals surface area contributed by atoms with E-state index in [2.05, 4.69) is 39.1 Å². The number of para-hydroxylation sites is 1. The molecule has 1 fully saturated rings. The van der Waals surface area contributed by atoms with Crippen LogP contribution in [0.4, 0.5) is 8.78 Å². The third kappa shape index (κ3) is 8.16. The second-order valence-corrected chi connectivity index (χ2v) is 6.89. The molecule has 1 saturated heterocycles. The number of benzene rings is 1. The molecular formula is C19H31F2IN4O. The Morgan fingerprint density at radius 2 is 2.04 bits per heavy atom. The molecule has 0 spiro atoms. The predicted molar refractivity (Wildman–Crippen MR) is 116 cm³/mol. The monoisotopic (exact) mass is 496 g/mol. The molecule has 1 atom stereocenters. The molecule has 0 bridgehead atoms. The second-order valence-electron chi connectivity index (χ2n) is 6.89. The lowest BCUT2D eigenvalue weighted by atomic mass is 9.97. The van der Waals surface area contributed by atoms with Crippen LogP contribution in [0.3, 0.4) is 0 Å². The van der Waals surface area contributed by atoms with Crippen molar-refractivity contribution in [3.63, 3.8) is 0 Å². The van der Waals surface area contributed by atoms with Crippen molar-refractivity contribution >= 4 is 29.9 Å². The molecule has 2 N–H and O–H groups in total. The maximum atomic E-state index is 12.5. The average molecular weight is 496 g/mol. The zero-order valence-corrected chi connectivity index (χ0v) is 18.6. The topological polar surface area (TPSA) is 48.9 Å². The number of guanidine groups is 1. The Morgan fingerprint density at radius 1 is 1.30 bits per heavy atom. The molecular weight excluding hydrogens is 465 g/mol. The first kappa shape index (κ1) is 23.9. The maximum absolute atomic E-state index is 12.5. The fourth-order valence-corrected chi connectivity index (χ4v) is 3.23. The molecule has 154 valence electrons. The number of piperidine rings is 1. The lowest BCUT2D eigenvalue weighted by Crippen LogP contribution is -2.46. The van der Waals surface area contributed by atoms with E-state index in [4.69, 9.17) is 0 Å². The van der Waals surface area contributed by atoms with Crippen LogP contribution in [-0.2, 0) is 6.54 Å². The lowest BCUT2D eigenvalue weighted by Gasteiger charge is -2.35. The van der Waals surface area contributed by atoms with E-state index < -0.39 is 6.61 Å². The standard InChI is InChI=1S/C19H30F2N4O.HI/c1-14(2)25-10-6-7-15(13-25)11-23-19(22-3)24-12-16-8-4-5-9-17(16)26-18(20)21;/h4-5,8-9,14-15,18H,6-7,10-13H2,1-3H3,(H2,22,23,24);1H. The summed E-state index contributed by atoms with van der Waals surface area (Å²) >= 11 is 0.